The third-order valence-electron chi connectivity index (χ3n) is 4.51. The summed E-state index contributed by atoms with van der Waals surface area (Å²) < 4.78 is 6.09. The number of furan rings is 1. The summed E-state index contributed by atoms with van der Waals surface area (Å²) in [5.74, 6) is 1.11. The third-order valence-corrected chi connectivity index (χ3v) is 4.68. The van der Waals surface area contributed by atoms with Gasteiger partial charge in [-0.25, -0.2) is 4.98 Å². The monoisotopic (exact) mass is 359 g/mol. The van der Waals surface area contributed by atoms with Crippen LogP contribution >= 0.6 is 11.6 Å². The number of para-hydroxylation sites is 2. The minimum absolute atomic E-state index is 0.179. The summed E-state index contributed by atoms with van der Waals surface area (Å²) in [4.78, 5) is 13.3. The van der Waals surface area contributed by atoms with Crippen molar-refractivity contribution in [2.45, 2.75) is 12.8 Å². The molecule has 0 fully saturated rings. The molecular weight excluding hydrogens is 346 g/mol. The normalized spacial score (nSPS) is 14.1. The lowest BCUT2D eigenvalue weighted by molar-refractivity contribution is 0.669. The Kier molecular flexibility index (Phi) is 3.57. The number of rotatable bonds is 2. The summed E-state index contributed by atoms with van der Waals surface area (Å²) in [5.41, 5.74) is 3.38. The fourth-order valence-corrected chi connectivity index (χ4v) is 3.46. The molecule has 0 N–H and O–H groups in total. The Hall–Kier alpha value is -2.98. The van der Waals surface area contributed by atoms with E-state index in [4.69, 9.17) is 16.0 Å². The van der Waals surface area contributed by atoms with Gasteiger partial charge in [-0.15, -0.1) is 0 Å². The van der Waals surface area contributed by atoms with Gasteiger partial charge >= 0.3 is 0 Å². The molecule has 0 saturated carbocycles. The zero-order valence-electron chi connectivity index (χ0n) is 13.8. The van der Waals surface area contributed by atoms with E-state index in [1.165, 1.54) is 0 Å². The van der Waals surface area contributed by atoms with Crippen LogP contribution in [0.1, 0.15) is 18.7 Å². The Labute approximate surface area is 154 Å². The van der Waals surface area contributed by atoms with Crippen molar-refractivity contribution in [2.24, 2.45) is 0 Å². The molecule has 0 bridgehead atoms. The fourth-order valence-electron chi connectivity index (χ4n) is 3.30. The van der Waals surface area contributed by atoms with Crippen LogP contribution in [0, 0.1) is 0 Å². The molecule has 126 valence electrons. The Morgan fingerprint density at radius 2 is 1.69 bits per heavy atom. The predicted molar refractivity (Wildman–Crippen MR) is 104 cm³/mol. The molecule has 2 heterocycles. The predicted octanol–water partition coefficient (Wildman–Crippen LogP) is 5.82. The topological polar surface area (TPSA) is 51.8 Å². The summed E-state index contributed by atoms with van der Waals surface area (Å²) in [6.45, 7) is 0. The average Bonchev–Trinajstić information content (AvgIpc) is 3.07. The molecule has 4 nitrogen and oxygen atoms in total. The van der Waals surface area contributed by atoms with Crippen molar-refractivity contribution in [2.75, 3.05) is 0 Å². The van der Waals surface area contributed by atoms with E-state index in [0.29, 0.717) is 11.6 Å². The zero-order chi connectivity index (χ0) is 17.5. The molecule has 4 aromatic rings. The first-order chi connectivity index (χ1) is 12.8. The quantitative estimate of drug-likeness (QED) is 0.452. The summed E-state index contributed by atoms with van der Waals surface area (Å²) in [6, 6.07) is 14.0. The zero-order valence-corrected chi connectivity index (χ0v) is 14.6. The largest absolute Gasteiger partial charge is 0.455 e. The molecule has 0 spiro atoms. The summed E-state index contributed by atoms with van der Waals surface area (Å²) in [7, 11) is 0. The van der Waals surface area contributed by atoms with Crippen molar-refractivity contribution in [3.05, 3.63) is 71.8 Å². The first kappa shape index (κ1) is 15.3. The number of allylic oxidation sites excluding steroid dienone is 4. The Balaban J connectivity index is 1.74. The van der Waals surface area contributed by atoms with Gasteiger partial charge in [0.1, 0.15) is 11.2 Å². The molecular formula is C21H14ClN3O. The van der Waals surface area contributed by atoms with E-state index in [0.717, 1.165) is 45.9 Å². The van der Waals surface area contributed by atoms with E-state index >= 15 is 0 Å². The molecule has 0 saturated heterocycles. The van der Waals surface area contributed by atoms with Crippen LogP contribution in [0.4, 0.5) is 0 Å². The highest BCUT2D eigenvalue weighted by Crippen LogP contribution is 2.35. The molecule has 0 amide bonds. The van der Waals surface area contributed by atoms with Crippen molar-refractivity contribution < 1.29 is 4.42 Å². The van der Waals surface area contributed by atoms with Gasteiger partial charge < -0.3 is 4.42 Å². The molecule has 0 radical (unpaired) electrons. The highest BCUT2D eigenvalue weighted by molar-refractivity contribution is 6.28. The SMILES string of the molecule is Clc1nc(C2=CCCC=C2)nc(-c2cccc3c2oc2ccccc23)n1. The van der Waals surface area contributed by atoms with Gasteiger partial charge in [-0.05, 0) is 36.6 Å². The first-order valence-corrected chi connectivity index (χ1v) is 8.87. The molecule has 5 rings (SSSR count). The second kappa shape index (κ2) is 6.07. The minimum Gasteiger partial charge on any atom is -0.455 e. The molecule has 0 atom stereocenters. The lowest BCUT2D eigenvalue weighted by Gasteiger charge is -2.08. The van der Waals surface area contributed by atoms with Gasteiger partial charge in [-0.3, -0.25) is 0 Å². The van der Waals surface area contributed by atoms with Gasteiger partial charge in [0, 0.05) is 16.3 Å². The van der Waals surface area contributed by atoms with Crippen LogP contribution in [0.5, 0.6) is 0 Å². The standard InChI is InChI=1S/C21H14ClN3O/c22-21-24-19(13-7-2-1-3-8-13)23-20(25-21)16-11-6-10-15-14-9-4-5-12-17(14)26-18(15)16/h2,4-12H,1,3H2. The molecule has 1 aliphatic rings. The van der Waals surface area contributed by atoms with Crippen LogP contribution in [-0.4, -0.2) is 15.0 Å². The molecule has 5 heteroatoms. The van der Waals surface area contributed by atoms with Crippen LogP contribution in [0.3, 0.4) is 0 Å². The van der Waals surface area contributed by atoms with Crippen LogP contribution in [-0.2, 0) is 0 Å². The summed E-state index contributed by atoms with van der Waals surface area (Å²) >= 11 is 6.20. The van der Waals surface area contributed by atoms with Crippen LogP contribution < -0.4 is 0 Å². The number of benzene rings is 2. The molecule has 2 aromatic heterocycles. The van der Waals surface area contributed by atoms with E-state index in [-0.39, 0.29) is 5.28 Å². The maximum atomic E-state index is 6.20. The highest BCUT2D eigenvalue weighted by atomic mass is 35.5. The van der Waals surface area contributed by atoms with Crippen LogP contribution in [0.15, 0.2) is 65.1 Å². The molecule has 0 aliphatic heterocycles. The van der Waals surface area contributed by atoms with Gasteiger partial charge in [0.25, 0.3) is 0 Å². The van der Waals surface area contributed by atoms with E-state index in [9.17, 15) is 0 Å². The lowest BCUT2D eigenvalue weighted by atomic mass is 10.1. The maximum absolute atomic E-state index is 6.20. The van der Waals surface area contributed by atoms with Crippen molar-refractivity contribution in [1.82, 2.24) is 15.0 Å². The lowest BCUT2D eigenvalue weighted by Crippen LogP contribution is -2.00. The van der Waals surface area contributed by atoms with E-state index in [2.05, 4.69) is 27.1 Å². The average molecular weight is 360 g/mol. The second-order valence-electron chi connectivity index (χ2n) is 6.17. The highest BCUT2D eigenvalue weighted by Gasteiger charge is 2.16. The number of hydrogen-bond acceptors (Lipinski definition) is 4. The smallest absolute Gasteiger partial charge is 0.226 e. The van der Waals surface area contributed by atoms with Gasteiger partial charge in [0.05, 0.1) is 5.56 Å². The second-order valence-corrected chi connectivity index (χ2v) is 6.51. The Bertz CT molecular complexity index is 1210. The first-order valence-electron chi connectivity index (χ1n) is 8.49. The van der Waals surface area contributed by atoms with Gasteiger partial charge in [0.2, 0.25) is 5.28 Å². The van der Waals surface area contributed by atoms with E-state index in [1.54, 1.807) is 0 Å². The number of halogens is 1. The Morgan fingerprint density at radius 3 is 2.58 bits per heavy atom. The van der Waals surface area contributed by atoms with E-state index in [1.807, 2.05) is 48.5 Å². The number of hydrogen-bond donors (Lipinski definition) is 0. The number of fused-ring (bicyclic) bond motifs is 3. The molecule has 2 aromatic carbocycles. The minimum atomic E-state index is 0.179. The van der Waals surface area contributed by atoms with Crippen molar-refractivity contribution in [3.63, 3.8) is 0 Å². The number of nitrogens with zero attached hydrogens (tertiary/aromatic N) is 3. The maximum Gasteiger partial charge on any atom is 0.226 e. The summed E-state index contributed by atoms with van der Waals surface area (Å²) in [5, 5.41) is 2.29. The van der Waals surface area contributed by atoms with Crippen molar-refractivity contribution >= 4 is 39.1 Å². The van der Waals surface area contributed by atoms with Gasteiger partial charge in [0.15, 0.2) is 11.6 Å². The molecule has 26 heavy (non-hydrogen) atoms. The van der Waals surface area contributed by atoms with Gasteiger partial charge in [-0.1, -0.05) is 48.6 Å². The third kappa shape index (κ3) is 2.50. The Morgan fingerprint density at radius 1 is 0.846 bits per heavy atom. The van der Waals surface area contributed by atoms with Crippen LogP contribution in [0.25, 0.3) is 38.9 Å². The van der Waals surface area contributed by atoms with Crippen LogP contribution in [0.2, 0.25) is 5.28 Å². The van der Waals surface area contributed by atoms with E-state index < -0.39 is 0 Å². The molecule has 1 aliphatic carbocycles. The fraction of sp³-hybridized carbons (Fsp3) is 0.0952. The molecule has 0 unspecified atom stereocenters. The van der Waals surface area contributed by atoms with Gasteiger partial charge in [-0.2, -0.15) is 9.97 Å². The van der Waals surface area contributed by atoms with Crippen molar-refractivity contribution in [3.8, 4) is 11.4 Å². The number of aromatic nitrogens is 3. The summed E-state index contributed by atoms with van der Waals surface area (Å²) in [6.07, 6.45) is 8.28. The van der Waals surface area contributed by atoms with Crippen molar-refractivity contribution in [1.29, 1.82) is 0 Å².